The number of unbranched alkanes of at least 4 members (excludes halogenated alkanes) is 2. The van der Waals surface area contributed by atoms with Crippen molar-refractivity contribution in [1.29, 1.82) is 0 Å². The normalized spacial score (nSPS) is 27.0. The average molecular weight is 459 g/mol. The lowest BCUT2D eigenvalue weighted by molar-refractivity contribution is -0.275. The molecule has 3 rings (SSSR count). The molecule has 0 unspecified atom stereocenters. The summed E-state index contributed by atoms with van der Waals surface area (Å²) in [5.41, 5.74) is 0.775. The van der Waals surface area contributed by atoms with E-state index in [1.165, 1.54) is 31.7 Å². The first kappa shape index (κ1) is 25.0. The molecule has 0 saturated heterocycles. The van der Waals surface area contributed by atoms with E-state index in [0.29, 0.717) is 12.3 Å². The van der Waals surface area contributed by atoms with E-state index in [1.54, 1.807) is 6.07 Å². The molecule has 2 fully saturated rings. The molecule has 1 aromatic carbocycles. The van der Waals surface area contributed by atoms with E-state index in [9.17, 15) is 22.0 Å². The molecule has 2 saturated carbocycles. The van der Waals surface area contributed by atoms with Gasteiger partial charge in [0.05, 0.1) is 6.67 Å². The summed E-state index contributed by atoms with van der Waals surface area (Å²) < 4.78 is 66.9. The number of rotatable bonds is 9. The van der Waals surface area contributed by atoms with Crippen molar-refractivity contribution in [2.45, 2.75) is 89.3 Å². The molecule has 0 N–H and O–H groups in total. The van der Waals surface area contributed by atoms with Crippen molar-refractivity contribution in [3.8, 4) is 5.75 Å². The maximum atomic E-state index is 14.1. The molecule has 32 heavy (non-hydrogen) atoms. The highest BCUT2D eigenvalue weighted by molar-refractivity contribution is 5.31. The van der Waals surface area contributed by atoms with E-state index in [-0.39, 0.29) is 12.6 Å². The second-order valence-corrected chi connectivity index (χ2v) is 9.52. The van der Waals surface area contributed by atoms with Crippen LogP contribution in [0.25, 0.3) is 0 Å². The summed E-state index contributed by atoms with van der Waals surface area (Å²) in [5.74, 6) is 0.735. The number of hydrogen-bond donors (Lipinski definition) is 0. The standard InChI is InChI=1S/C26H35F5O/c27-17-5-3-1-2-4-6-19-7-9-20(10-8-19)21-11-13-22(14-12-21)23-15-16-25(24(28)18-23)32-26(29,30)31/h2,4,15-16,18-22H,1,3,5-14,17H2/b4-2+. The molecular weight excluding hydrogens is 423 g/mol. The molecule has 0 atom stereocenters. The summed E-state index contributed by atoms with van der Waals surface area (Å²) in [4.78, 5) is 0. The summed E-state index contributed by atoms with van der Waals surface area (Å²) in [6.45, 7) is -0.222. The summed E-state index contributed by atoms with van der Waals surface area (Å²) in [6, 6.07) is 3.88. The van der Waals surface area contributed by atoms with Gasteiger partial charge in [-0.05, 0) is 118 Å². The van der Waals surface area contributed by atoms with Crippen molar-refractivity contribution in [3.63, 3.8) is 0 Å². The highest BCUT2D eigenvalue weighted by Crippen LogP contribution is 2.44. The largest absolute Gasteiger partial charge is 0.573 e. The third-order valence-electron chi connectivity index (χ3n) is 7.37. The second-order valence-electron chi connectivity index (χ2n) is 9.52. The smallest absolute Gasteiger partial charge is 0.403 e. The Morgan fingerprint density at radius 3 is 2.12 bits per heavy atom. The first-order valence-corrected chi connectivity index (χ1v) is 12.1. The lowest BCUT2D eigenvalue weighted by Gasteiger charge is -2.38. The van der Waals surface area contributed by atoms with Gasteiger partial charge in [-0.25, -0.2) is 4.39 Å². The van der Waals surface area contributed by atoms with Crippen LogP contribution in [0.3, 0.4) is 0 Å². The van der Waals surface area contributed by atoms with Gasteiger partial charge in [-0.3, -0.25) is 4.39 Å². The monoisotopic (exact) mass is 458 g/mol. The first-order chi connectivity index (χ1) is 15.4. The van der Waals surface area contributed by atoms with Gasteiger partial charge in [-0.1, -0.05) is 18.2 Å². The lowest BCUT2D eigenvalue weighted by atomic mass is 9.68. The molecule has 180 valence electrons. The fourth-order valence-electron chi connectivity index (χ4n) is 5.56. The zero-order valence-electron chi connectivity index (χ0n) is 18.7. The van der Waals surface area contributed by atoms with Crippen molar-refractivity contribution in [1.82, 2.24) is 0 Å². The molecule has 0 aromatic heterocycles. The van der Waals surface area contributed by atoms with Crippen molar-refractivity contribution in [2.24, 2.45) is 17.8 Å². The number of allylic oxidation sites excluding steroid dienone is 2. The minimum absolute atomic E-state index is 0.208. The van der Waals surface area contributed by atoms with Crippen LogP contribution in [0.1, 0.15) is 88.5 Å². The van der Waals surface area contributed by atoms with E-state index in [4.69, 9.17) is 0 Å². The number of halogens is 5. The Hall–Kier alpha value is -1.59. The zero-order valence-corrected chi connectivity index (χ0v) is 18.7. The first-order valence-electron chi connectivity index (χ1n) is 12.1. The van der Waals surface area contributed by atoms with Crippen LogP contribution in [0.4, 0.5) is 22.0 Å². The third kappa shape index (κ3) is 7.77. The Bertz CT molecular complexity index is 713. The number of benzene rings is 1. The summed E-state index contributed by atoms with van der Waals surface area (Å²) in [6.07, 6.45) is 12.5. The van der Waals surface area contributed by atoms with Gasteiger partial charge >= 0.3 is 6.36 Å². The number of hydrogen-bond acceptors (Lipinski definition) is 1. The quantitative estimate of drug-likeness (QED) is 0.204. The van der Waals surface area contributed by atoms with E-state index in [0.717, 1.165) is 68.4 Å². The molecule has 6 heteroatoms. The Labute approximate surface area is 188 Å². The fraction of sp³-hybridized carbons (Fsp3) is 0.692. The van der Waals surface area contributed by atoms with Crippen LogP contribution < -0.4 is 4.74 Å². The van der Waals surface area contributed by atoms with E-state index in [2.05, 4.69) is 16.9 Å². The van der Waals surface area contributed by atoms with E-state index in [1.807, 2.05) is 0 Å². The molecule has 0 bridgehead atoms. The van der Waals surface area contributed by atoms with Crippen LogP contribution in [-0.2, 0) is 0 Å². The molecule has 0 spiro atoms. The SMILES string of the molecule is FCCCC/C=C/CC1CCC(C2CCC(c3ccc(OC(F)(F)F)c(F)c3)CC2)CC1. The van der Waals surface area contributed by atoms with Crippen LogP contribution in [-0.4, -0.2) is 13.0 Å². The predicted molar refractivity (Wildman–Crippen MR) is 117 cm³/mol. The maximum Gasteiger partial charge on any atom is 0.573 e. The molecule has 0 heterocycles. The highest BCUT2D eigenvalue weighted by Gasteiger charge is 2.33. The molecule has 2 aliphatic rings. The van der Waals surface area contributed by atoms with Gasteiger partial charge in [0, 0.05) is 0 Å². The van der Waals surface area contributed by atoms with E-state index >= 15 is 0 Å². The van der Waals surface area contributed by atoms with Gasteiger partial charge in [-0.2, -0.15) is 0 Å². The summed E-state index contributed by atoms with van der Waals surface area (Å²) in [7, 11) is 0. The Morgan fingerprint density at radius 2 is 1.53 bits per heavy atom. The second kappa shape index (κ2) is 12.0. The molecule has 1 nitrogen and oxygen atoms in total. The molecule has 0 aliphatic heterocycles. The lowest BCUT2D eigenvalue weighted by Crippen LogP contribution is -2.25. The predicted octanol–water partition coefficient (Wildman–Crippen LogP) is 8.89. The molecule has 2 aliphatic carbocycles. The van der Waals surface area contributed by atoms with Gasteiger partial charge in [0.15, 0.2) is 11.6 Å². The van der Waals surface area contributed by atoms with Gasteiger partial charge in [0.1, 0.15) is 0 Å². The molecular formula is C26H35F5O. The van der Waals surface area contributed by atoms with Crippen molar-refractivity contribution < 1.29 is 26.7 Å². The van der Waals surface area contributed by atoms with Crippen LogP contribution in [0.2, 0.25) is 0 Å². The van der Waals surface area contributed by atoms with E-state index < -0.39 is 17.9 Å². The van der Waals surface area contributed by atoms with Crippen LogP contribution in [0, 0.1) is 23.6 Å². The van der Waals surface area contributed by atoms with Crippen molar-refractivity contribution in [2.75, 3.05) is 6.67 Å². The van der Waals surface area contributed by atoms with Gasteiger partial charge in [0.2, 0.25) is 0 Å². The highest BCUT2D eigenvalue weighted by atomic mass is 19.4. The Morgan fingerprint density at radius 1 is 0.875 bits per heavy atom. The third-order valence-corrected chi connectivity index (χ3v) is 7.37. The molecule has 1 aromatic rings. The molecule has 0 radical (unpaired) electrons. The van der Waals surface area contributed by atoms with Gasteiger partial charge in [-0.15, -0.1) is 13.2 Å². The Kier molecular flexibility index (Phi) is 9.42. The summed E-state index contributed by atoms with van der Waals surface area (Å²) in [5, 5.41) is 0. The zero-order chi connectivity index (χ0) is 23.0. The van der Waals surface area contributed by atoms with Crippen LogP contribution >= 0.6 is 0 Å². The summed E-state index contributed by atoms with van der Waals surface area (Å²) >= 11 is 0. The fourth-order valence-corrected chi connectivity index (χ4v) is 5.56. The van der Waals surface area contributed by atoms with Gasteiger partial charge < -0.3 is 4.74 Å². The maximum absolute atomic E-state index is 14.1. The minimum Gasteiger partial charge on any atom is -0.403 e. The average Bonchev–Trinajstić information content (AvgIpc) is 2.77. The number of alkyl halides is 4. The van der Waals surface area contributed by atoms with Crippen molar-refractivity contribution >= 4 is 0 Å². The van der Waals surface area contributed by atoms with Crippen LogP contribution in [0.15, 0.2) is 30.4 Å². The van der Waals surface area contributed by atoms with Crippen LogP contribution in [0.5, 0.6) is 5.75 Å². The molecule has 0 amide bonds. The van der Waals surface area contributed by atoms with Crippen molar-refractivity contribution in [3.05, 3.63) is 41.7 Å². The topological polar surface area (TPSA) is 9.23 Å². The number of ether oxygens (including phenoxy) is 1. The Balaban J connectivity index is 1.39. The van der Waals surface area contributed by atoms with Gasteiger partial charge in [0.25, 0.3) is 0 Å². The minimum atomic E-state index is -4.88.